The maximum Gasteiger partial charge on any atom is 0.261 e. The summed E-state index contributed by atoms with van der Waals surface area (Å²) in [5.74, 6) is -12.6. The van der Waals surface area contributed by atoms with Gasteiger partial charge in [-0.05, 0) is 28.1 Å². The summed E-state index contributed by atoms with van der Waals surface area (Å²) in [5.41, 5.74) is -1.54. The van der Waals surface area contributed by atoms with E-state index in [0.717, 1.165) is 6.20 Å². The van der Waals surface area contributed by atoms with Gasteiger partial charge in [0.2, 0.25) is 5.82 Å². The lowest BCUT2D eigenvalue weighted by molar-refractivity contribution is 0.101. The number of carbonyl (C=O) groups is 1. The second kappa shape index (κ2) is 5.76. The lowest BCUT2D eigenvalue weighted by Crippen LogP contribution is -2.19. The van der Waals surface area contributed by atoms with Crippen molar-refractivity contribution in [1.82, 2.24) is 4.98 Å². The fourth-order valence-electron chi connectivity index (χ4n) is 1.45. The molecule has 2 rings (SSSR count). The standard InChI is InChI=1S/C12H4BrF5N2O/c13-5-2-1-4(3-19-5)20-12(21)6-7(14)9(16)11(18)10(17)8(6)15/h1-3H,(H,20,21). The molecule has 0 unspecified atom stereocenters. The van der Waals surface area contributed by atoms with E-state index in [1.54, 1.807) is 0 Å². The molecule has 0 radical (unpaired) electrons. The first-order valence-electron chi connectivity index (χ1n) is 5.27. The Labute approximate surface area is 122 Å². The Morgan fingerprint density at radius 3 is 1.95 bits per heavy atom. The summed E-state index contributed by atoms with van der Waals surface area (Å²) in [6.45, 7) is 0. The third-order valence-corrected chi connectivity index (χ3v) is 2.89. The molecule has 1 aromatic carbocycles. The zero-order valence-corrected chi connectivity index (χ0v) is 11.4. The number of nitrogens with zero attached hydrogens (tertiary/aromatic N) is 1. The van der Waals surface area contributed by atoms with Crippen LogP contribution in [0.2, 0.25) is 0 Å². The van der Waals surface area contributed by atoms with Gasteiger partial charge in [0.25, 0.3) is 5.91 Å². The molecule has 0 fully saturated rings. The minimum atomic E-state index is -2.33. The lowest BCUT2D eigenvalue weighted by atomic mass is 10.1. The Kier molecular flexibility index (Phi) is 4.21. The van der Waals surface area contributed by atoms with Gasteiger partial charge in [-0.15, -0.1) is 0 Å². The molecule has 1 heterocycles. The van der Waals surface area contributed by atoms with E-state index in [4.69, 9.17) is 0 Å². The Bertz CT molecular complexity index is 692. The molecule has 0 atom stereocenters. The zero-order valence-electron chi connectivity index (χ0n) is 9.86. The van der Waals surface area contributed by atoms with Crippen molar-refractivity contribution >= 4 is 27.5 Å². The fourth-order valence-corrected chi connectivity index (χ4v) is 1.68. The molecule has 0 saturated heterocycles. The van der Waals surface area contributed by atoms with Crippen LogP contribution in [-0.2, 0) is 0 Å². The van der Waals surface area contributed by atoms with E-state index in [9.17, 15) is 26.7 Å². The van der Waals surface area contributed by atoms with Gasteiger partial charge in [-0.25, -0.2) is 26.9 Å². The van der Waals surface area contributed by atoms with Crippen LogP contribution >= 0.6 is 15.9 Å². The summed E-state index contributed by atoms with van der Waals surface area (Å²) in [4.78, 5) is 15.4. The summed E-state index contributed by atoms with van der Waals surface area (Å²) in [7, 11) is 0. The van der Waals surface area contributed by atoms with E-state index < -0.39 is 40.6 Å². The van der Waals surface area contributed by atoms with Gasteiger partial charge in [0.05, 0.1) is 11.9 Å². The first-order valence-corrected chi connectivity index (χ1v) is 6.06. The Morgan fingerprint density at radius 2 is 1.48 bits per heavy atom. The maximum atomic E-state index is 13.4. The smallest absolute Gasteiger partial charge is 0.261 e. The van der Waals surface area contributed by atoms with Crippen LogP contribution in [0.4, 0.5) is 27.6 Å². The number of nitrogens with one attached hydrogen (secondary N) is 1. The Hall–Kier alpha value is -2.03. The van der Waals surface area contributed by atoms with Crippen molar-refractivity contribution in [1.29, 1.82) is 0 Å². The molecule has 2 aromatic rings. The number of halogens is 6. The number of benzene rings is 1. The van der Waals surface area contributed by atoms with Crippen LogP contribution in [-0.4, -0.2) is 10.9 Å². The molecule has 1 amide bonds. The summed E-state index contributed by atoms with van der Waals surface area (Å²) in [6.07, 6.45) is 1.13. The van der Waals surface area contributed by atoms with E-state index in [0.29, 0.717) is 4.60 Å². The SMILES string of the molecule is O=C(Nc1ccc(Br)nc1)c1c(F)c(F)c(F)c(F)c1F. The Morgan fingerprint density at radius 1 is 0.952 bits per heavy atom. The quantitative estimate of drug-likeness (QED) is 0.380. The number of hydrogen-bond acceptors (Lipinski definition) is 2. The van der Waals surface area contributed by atoms with Crippen molar-refractivity contribution in [3.63, 3.8) is 0 Å². The van der Waals surface area contributed by atoms with Gasteiger partial charge in [0.1, 0.15) is 10.2 Å². The summed E-state index contributed by atoms with van der Waals surface area (Å²) >= 11 is 3.02. The topological polar surface area (TPSA) is 42.0 Å². The number of anilines is 1. The van der Waals surface area contributed by atoms with Crippen molar-refractivity contribution in [3.8, 4) is 0 Å². The highest BCUT2D eigenvalue weighted by atomic mass is 79.9. The molecule has 21 heavy (non-hydrogen) atoms. The third kappa shape index (κ3) is 2.87. The molecule has 0 aliphatic heterocycles. The van der Waals surface area contributed by atoms with E-state index in [1.807, 2.05) is 5.32 Å². The maximum absolute atomic E-state index is 13.4. The minimum absolute atomic E-state index is 0.0205. The molecule has 110 valence electrons. The predicted molar refractivity (Wildman–Crippen MR) is 66.1 cm³/mol. The fraction of sp³-hybridized carbons (Fsp3) is 0. The molecule has 0 bridgehead atoms. The van der Waals surface area contributed by atoms with Crippen LogP contribution in [0.25, 0.3) is 0 Å². The number of rotatable bonds is 2. The van der Waals surface area contributed by atoms with Gasteiger partial charge in [0.15, 0.2) is 23.3 Å². The van der Waals surface area contributed by atoms with Gasteiger partial charge in [-0.1, -0.05) is 0 Å². The molecular weight excluding hydrogens is 363 g/mol. The largest absolute Gasteiger partial charge is 0.320 e. The normalized spacial score (nSPS) is 10.6. The molecule has 0 saturated carbocycles. The number of amides is 1. The van der Waals surface area contributed by atoms with Gasteiger partial charge in [-0.3, -0.25) is 4.79 Å². The molecule has 0 spiro atoms. The highest BCUT2D eigenvalue weighted by Crippen LogP contribution is 2.24. The van der Waals surface area contributed by atoms with Crippen LogP contribution in [0.1, 0.15) is 10.4 Å². The van der Waals surface area contributed by atoms with E-state index in [2.05, 4.69) is 20.9 Å². The highest BCUT2D eigenvalue weighted by Gasteiger charge is 2.29. The van der Waals surface area contributed by atoms with Crippen LogP contribution < -0.4 is 5.32 Å². The second-order valence-electron chi connectivity index (χ2n) is 3.77. The average molecular weight is 367 g/mol. The summed E-state index contributed by atoms with van der Waals surface area (Å²) in [6, 6.07) is 2.73. The van der Waals surface area contributed by atoms with Gasteiger partial charge >= 0.3 is 0 Å². The van der Waals surface area contributed by atoms with Crippen molar-refractivity contribution in [3.05, 3.63) is 57.6 Å². The number of pyridine rings is 1. The van der Waals surface area contributed by atoms with Gasteiger partial charge in [0, 0.05) is 0 Å². The van der Waals surface area contributed by atoms with Gasteiger partial charge in [-0.2, -0.15) is 0 Å². The second-order valence-corrected chi connectivity index (χ2v) is 4.58. The molecule has 1 aromatic heterocycles. The van der Waals surface area contributed by atoms with Crippen LogP contribution in [0, 0.1) is 29.1 Å². The van der Waals surface area contributed by atoms with Crippen molar-refractivity contribution in [2.24, 2.45) is 0 Å². The van der Waals surface area contributed by atoms with Crippen LogP contribution in [0.3, 0.4) is 0 Å². The Balaban J connectivity index is 2.42. The lowest BCUT2D eigenvalue weighted by Gasteiger charge is -2.09. The molecule has 0 aliphatic rings. The van der Waals surface area contributed by atoms with Crippen molar-refractivity contribution < 1.29 is 26.7 Å². The molecule has 1 N–H and O–H groups in total. The number of carbonyl (C=O) groups excluding carboxylic acids is 1. The first kappa shape index (κ1) is 15.4. The monoisotopic (exact) mass is 366 g/mol. The van der Waals surface area contributed by atoms with Crippen molar-refractivity contribution in [2.75, 3.05) is 5.32 Å². The van der Waals surface area contributed by atoms with Crippen molar-refractivity contribution in [2.45, 2.75) is 0 Å². The van der Waals surface area contributed by atoms with Gasteiger partial charge < -0.3 is 5.32 Å². The summed E-state index contributed by atoms with van der Waals surface area (Å²) in [5, 5.41) is 1.98. The molecule has 0 aliphatic carbocycles. The first-order chi connectivity index (χ1) is 9.82. The zero-order chi connectivity index (χ0) is 15.7. The van der Waals surface area contributed by atoms with E-state index >= 15 is 0 Å². The predicted octanol–water partition coefficient (Wildman–Crippen LogP) is 3.79. The third-order valence-electron chi connectivity index (χ3n) is 2.42. The number of aromatic nitrogens is 1. The highest BCUT2D eigenvalue weighted by molar-refractivity contribution is 9.10. The molecular formula is C12H4BrF5N2O. The average Bonchev–Trinajstić information content (AvgIpc) is 2.46. The molecule has 9 heteroatoms. The van der Waals surface area contributed by atoms with Crippen LogP contribution in [0.5, 0.6) is 0 Å². The minimum Gasteiger partial charge on any atom is -0.320 e. The van der Waals surface area contributed by atoms with E-state index in [1.165, 1.54) is 12.1 Å². The molecule has 3 nitrogen and oxygen atoms in total. The van der Waals surface area contributed by atoms with Crippen LogP contribution in [0.15, 0.2) is 22.9 Å². The summed E-state index contributed by atoms with van der Waals surface area (Å²) < 4.78 is 66.1. The number of hydrogen-bond donors (Lipinski definition) is 1. The van der Waals surface area contributed by atoms with E-state index in [-0.39, 0.29) is 5.69 Å².